The highest BCUT2D eigenvalue weighted by molar-refractivity contribution is 7.90. The second kappa shape index (κ2) is 5.96. The van der Waals surface area contributed by atoms with Gasteiger partial charge in [-0.25, -0.2) is 22.9 Å². The molecule has 1 unspecified atom stereocenters. The molecule has 1 aliphatic rings. The summed E-state index contributed by atoms with van der Waals surface area (Å²) in [6.07, 6.45) is 5.13. The van der Waals surface area contributed by atoms with Crippen LogP contribution in [-0.4, -0.2) is 25.5 Å². The van der Waals surface area contributed by atoms with Crippen molar-refractivity contribution < 1.29 is 13.2 Å². The number of nitrogens with one attached hydrogen (secondary N) is 2. The molecule has 0 spiro atoms. The van der Waals surface area contributed by atoms with Crippen molar-refractivity contribution in [3.05, 3.63) is 42.6 Å². The third kappa shape index (κ3) is 3.11. The summed E-state index contributed by atoms with van der Waals surface area (Å²) in [6, 6.07) is 6.99. The lowest BCUT2D eigenvalue weighted by Gasteiger charge is -2.24. The molecule has 20 heavy (non-hydrogen) atoms. The fourth-order valence-electron chi connectivity index (χ4n) is 1.97. The van der Waals surface area contributed by atoms with Crippen LogP contribution < -0.4 is 10.1 Å². The molecule has 1 aromatic rings. The van der Waals surface area contributed by atoms with Gasteiger partial charge in [-0.05, 0) is 24.6 Å². The Kier molecular flexibility index (Phi) is 4.29. The number of hydrazine groups is 1. The van der Waals surface area contributed by atoms with Crippen LogP contribution >= 0.6 is 0 Å². The van der Waals surface area contributed by atoms with E-state index in [1.807, 2.05) is 13.0 Å². The van der Waals surface area contributed by atoms with Gasteiger partial charge in [0.15, 0.2) is 0 Å². The average molecular weight is 295 g/mol. The molecule has 2 N–H and O–H groups in total. The van der Waals surface area contributed by atoms with E-state index in [0.717, 1.165) is 12.8 Å². The van der Waals surface area contributed by atoms with Crippen molar-refractivity contribution in [3.63, 3.8) is 0 Å². The summed E-state index contributed by atoms with van der Waals surface area (Å²) < 4.78 is 26.2. The number of nitrogens with zero attached hydrogens (tertiary/aromatic N) is 1. The van der Waals surface area contributed by atoms with Crippen molar-refractivity contribution >= 4 is 16.1 Å². The second-order valence-electron chi connectivity index (χ2n) is 4.44. The zero-order valence-electron chi connectivity index (χ0n) is 11.1. The largest absolute Gasteiger partial charge is 0.350 e. The van der Waals surface area contributed by atoms with Gasteiger partial charge in [0.2, 0.25) is 0 Å². The number of rotatable bonds is 4. The first kappa shape index (κ1) is 14.4. The van der Waals surface area contributed by atoms with Crippen LogP contribution in [-0.2, 0) is 10.0 Å². The Morgan fingerprint density at radius 1 is 1.35 bits per heavy atom. The average Bonchev–Trinajstić information content (AvgIpc) is 2.88. The standard InChI is InChI=1S/C13H17N3O3S/c1-2-6-11-9-10-14-16(11)13(17)15-20(18,19)12-7-4-3-5-8-12/h3-5,7-11,14H,2,6H2,1H3,(H,15,17). The molecule has 1 atom stereocenters. The summed E-state index contributed by atoms with van der Waals surface area (Å²) in [5, 5.41) is 1.28. The monoisotopic (exact) mass is 295 g/mol. The van der Waals surface area contributed by atoms with Crippen LogP contribution in [0.3, 0.4) is 0 Å². The van der Waals surface area contributed by atoms with Gasteiger partial charge in [-0.1, -0.05) is 31.5 Å². The number of amides is 2. The number of hydrogen-bond donors (Lipinski definition) is 2. The highest BCUT2D eigenvalue weighted by Gasteiger charge is 2.27. The van der Waals surface area contributed by atoms with Gasteiger partial charge in [0.1, 0.15) is 0 Å². The molecule has 2 amide bonds. The first-order chi connectivity index (χ1) is 9.54. The van der Waals surface area contributed by atoms with E-state index in [1.54, 1.807) is 24.4 Å². The van der Waals surface area contributed by atoms with Crippen molar-refractivity contribution in [2.24, 2.45) is 0 Å². The molecule has 108 valence electrons. The molecular formula is C13H17N3O3S. The lowest BCUT2D eigenvalue weighted by molar-refractivity contribution is 0.177. The van der Waals surface area contributed by atoms with Crippen LogP contribution in [0.5, 0.6) is 0 Å². The molecule has 7 heteroatoms. The molecule has 1 heterocycles. The molecule has 0 aromatic heterocycles. The molecule has 0 fully saturated rings. The third-order valence-corrected chi connectivity index (χ3v) is 4.28. The Hall–Kier alpha value is -2.02. The number of sulfonamides is 1. The highest BCUT2D eigenvalue weighted by atomic mass is 32.2. The lowest BCUT2D eigenvalue weighted by Crippen LogP contribution is -2.49. The molecule has 1 aliphatic heterocycles. The van der Waals surface area contributed by atoms with Crippen LogP contribution in [0.4, 0.5) is 4.79 Å². The van der Waals surface area contributed by atoms with Gasteiger partial charge in [-0.3, -0.25) is 0 Å². The van der Waals surface area contributed by atoms with E-state index in [-0.39, 0.29) is 10.9 Å². The summed E-state index contributed by atoms with van der Waals surface area (Å²) in [7, 11) is -3.84. The van der Waals surface area contributed by atoms with Crippen LogP contribution in [0.1, 0.15) is 19.8 Å². The van der Waals surface area contributed by atoms with E-state index in [4.69, 9.17) is 0 Å². The number of carbonyl (C=O) groups is 1. The van der Waals surface area contributed by atoms with Gasteiger partial charge >= 0.3 is 6.03 Å². The zero-order valence-corrected chi connectivity index (χ0v) is 11.9. The summed E-state index contributed by atoms with van der Waals surface area (Å²) in [4.78, 5) is 12.1. The minimum absolute atomic E-state index is 0.0625. The summed E-state index contributed by atoms with van der Waals surface area (Å²) in [5.74, 6) is 0. The van der Waals surface area contributed by atoms with E-state index < -0.39 is 16.1 Å². The predicted molar refractivity (Wildman–Crippen MR) is 75.0 cm³/mol. The summed E-state index contributed by atoms with van der Waals surface area (Å²) >= 11 is 0. The maximum absolute atomic E-state index is 12.1. The van der Waals surface area contributed by atoms with E-state index in [2.05, 4.69) is 10.1 Å². The molecule has 0 bridgehead atoms. The Labute approximate surface area is 118 Å². The lowest BCUT2D eigenvalue weighted by atomic mass is 10.2. The van der Waals surface area contributed by atoms with Gasteiger partial charge < -0.3 is 5.43 Å². The Bertz CT molecular complexity index is 599. The molecule has 2 rings (SSSR count). The quantitative estimate of drug-likeness (QED) is 0.884. The van der Waals surface area contributed by atoms with Crippen molar-refractivity contribution in [1.82, 2.24) is 15.2 Å². The fourth-order valence-corrected chi connectivity index (χ4v) is 2.93. The van der Waals surface area contributed by atoms with Crippen molar-refractivity contribution in [2.45, 2.75) is 30.7 Å². The Balaban J connectivity index is 2.08. The number of urea groups is 1. The van der Waals surface area contributed by atoms with Crippen LogP contribution in [0, 0.1) is 0 Å². The van der Waals surface area contributed by atoms with Gasteiger partial charge in [-0.15, -0.1) is 0 Å². The molecule has 0 saturated carbocycles. The second-order valence-corrected chi connectivity index (χ2v) is 6.12. The number of hydrogen-bond acceptors (Lipinski definition) is 4. The van der Waals surface area contributed by atoms with Crippen molar-refractivity contribution in [2.75, 3.05) is 0 Å². The normalized spacial score (nSPS) is 17.9. The van der Waals surface area contributed by atoms with Gasteiger partial charge in [-0.2, -0.15) is 0 Å². The number of benzene rings is 1. The van der Waals surface area contributed by atoms with Crippen molar-refractivity contribution in [1.29, 1.82) is 0 Å². The molecular weight excluding hydrogens is 278 g/mol. The van der Waals surface area contributed by atoms with Crippen LogP contribution in [0.15, 0.2) is 47.5 Å². The number of carbonyl (C=O) groups excluding carboxylic acids is 1. The smallest absolute Gasteiger partial charge is 0.302 e. The molecule has 0 saturated heterocycles. The fraction of sp³-hybridized carbons (Fsp3) is 0.308. The van der Waals surface area contributed by atoms with E-state index in [1.165, 1.54) is 17.1 Å². The topological polar surface area (TPSA) is 78.5 Å². The van der Waals surface area contributed by atoms with E-state index in [9.17, 15) is 13.2 Å². The van der Waals surface area contributed by atoms with E-state index in [0.29, 0.717) is 0 Å². The maximum atomic E-state index is 12.1. The SMILES string of the molecule is CCCC1C=CNN1C(=O)NS(=O)(=O)c1ccccc1. The molecule has 0 aliphatic carbocycles. The first-order valence-corrected chi connectivity index (χ1v) is 7.87. The van der Waals surface area contributed by atoms with Gasteiger partial charge in [0, 0.05) is 6.20 Å². The highest BCUT2D eigenvalue weighted by Crippen LogP contribution is 2.13. The van der Waals surface area contributed by atoms with Crippen LogP contribution in [0.2, 0.25) is 0 Å². The minimum Gasteiger partial charge on any atom is -0.302 e. The Morgan fingerprint density at radius 2 is 2.05 bits per heavy atom. The first-order valence-electron chi connectivity index (χ1n) is 6.38. The third-order valence-electron chi connectivity index (χ3n) is 2.94. The maximum Gasteiger partial charge on any atom is 0.350 e. The minimum atomic E-state index is -3.84. The zero-order chi connectivity index (χ0) is 14.6. The van der Waals surface area contributed by atoms with Crippen LogP contribution in [0.25, 0.3) is 0 Å². The molecule has 0 radical (unpaired) electrons. The van der Waals surface area contributed by atoms with E-state index >= 15 is 0 Å². The Morgan fingerprint density at radius 3 is 2.70 bits per heavy atom. The molecule has 1 aromatic carbocycles. The molecule has 6 nitrogen and oxygen atoms in total. The summed E-state index contributed by atoms with van der Waals surface area (Å²) in [5.41, 5.74) is 2.74. The summed E-state index contributed by atoms with van der Waals surface area (Å²) in [6.45, 7) is 2.00. The van der Waals surface area contributed by atoms with Gasteiger partial charge in [0.05, 0.1) is 10.9 Å². The van der Waals surface area contributed by atoms with Gasteiger partial charge in [0.25, 0.3) is 10.0 Å². The predicted octanol–water partition coefficient (Wildman–Crippen LogP) is 1.59. The van der Waals surface area contributed by atoms with Crippen molar-refractivity contribution in [3.8, 4) is 0 Å².